The van der Waals surface area contributed by atoms with Gasteiger partial charge in [0.2, 0.25) is 0 Å². The van der Waals surface area contributed by atoms with Crippen LogP contribution < -0.4 is 10.8 Å². The summed E-state index contributed by atoms with van der Waals surface area (Å²) in [6, 6.07) is 10.7. The van der Waals surface area contributed by atoms with Crippen molar-refractivity contribution in [1.29, 1.82) is 0 Å². The third-order valence-corrected chi connectivity index (χ3v) is 3.79. The highest BCUT2D eigenvalue weighted by molar-refractivity contribution is 5.90. The summed E-state index contributed by atoms with van der Waals surface area (Å²) in [6.45, 7) is 3.96. The van der Waals surface area contributed by atoms with E-state index in [2.05, 4.69) is 58.4 Å². The van der Waals surface area contributed by atoms with Crippen molar-refractivity contribution in [3.8, 4) is 0 Å². The lowest BCUT2D eigenvalue weighted by atomic mass is 10.1. The molecule has 0 bridgehead atoms. The van der Waals surface area contributed by atoms with Crippen LogP contribution in [0.5, 0.6) is 0 Å². The van der Waals surface area contributed by atoms with Crippen LogP contribution in [0.2, 0.25) is 0 Å². The van der Waals surface area contributed by atoms with Gasteiger partial charge in [0.15, 0.2) is 0 Å². The molecule has 138 valence electrons. The maximum Gasteiger partial charge on any atom is 0.267 e. The Labute approximate surface area is 153 Å². The molecule has 1 atom stereocenters. The molecule has 0 aliphatic carbocycles. The summed E-state index contributed by atoms with van der Waals surface area (Å²) in [4.78, 5) is 21.7. The Morgan fingerprint density at radius 2 is 2.04 bits per heavy atom. The number of carbonyl (C=O) groups excluding carboxylic acids is 1. The molecule has 1 heterocycles. The van der Waals surface area contributed by atoms with Crippen molar-refractivity contribution in [1.82, 2.24) is 20.3 Å². The molecule has 1 aromatic carbocycles. The van der Waals surface area contributed by atoms with E-state index in [4.69, 9.17) is 5.21 Å². The molecule has 26 heavy (non-hydrogen) atoms. The summed E-state index contributed by atoms with van der Waals surface area (Å²) in [6.07, 6.45) is 6.86. The SMILES string of the molecule is C[C@H](CN(C)CCc1ccccc1)Nc1cnc(C=CC(=O)NO)cn1. The number of benzene rings is 1. The summed E-state index contributed by atoms with van der Waals surface area (Å²) < 4.78 is 0. The van der Waals surface area contributed by atoms with Gasteiger partial charge < -0.3 is 10.2 Å². The van der Waals surface area contributed by atoms with Crippen LogP contribution in [0.1, 0.15) is 18.2 Å². The highest BCUT2D eigenvalue weighted by atomic mass is 16.5. The predicted molar refractivity (Wildman–Crippen MR) is 102 cm³/mol. The zero-order valence-corrected chi connectivity index (χ0v) is 15.1. The van der Waals surface area contributed by atoms with E-state index in [-0.39, 0.29) is 6.04 Å². The van der Waals surface area contributed by atoms with Gasteiger partial charge in [0.25, 0.3) is 5.91 Å². The fourth-order valence-corrected chi connectivity index (χ4v) is 2.52. The molecule has 0 saturated heterocycles. The smallest absolute Gasteiger partial charge is 0.267 e. The van der Waals surface area contributed by atoms with Crippen LogP contribution >= 0.6 is 0 Å². The van der Waals surface area contributed by atoms with Gasteiger partial charge in [-0.25, -0.2) is 10.5 Å². The van der Waals surface area contributed by atoms with E-state index in [9.17, 15) is 4.79 Å². The molecule has 1 amide bonds. The number of anilines is 1. The molecule has 0 radical (unpaired) electrons. The third kappa shape index (κ3) is 7.00. The second-order valence-electron chi connectivity index (χ2n) is 6.18. The van der Waals surface area contributed by atoms with E-state index >= 15 is 0 Å². The highest BCUT2D eigenvalue weighted by Gasteiger charge is 2.07. The van der Waals surface area contributed by atoms with Crippen LogP contribution in [-0.2, 0) is 11.2 Å². The number of hydrogen-bond acceptors (Lipinski definition) is 6. The summed E-state index contributed by atoms with van der Waals surface area (Å²) >= 11 is 0. The molecule has 2 rings (SSSR count). The molecule has 7 heteroatoms. The van der Waals surface area contributed by atoms with E-state index < -0.39 is 5.91 Å². The minimum atomic E-state index is -0.610. The van der Waals surface area contributed by atoms with Gasteiger partial charge in [-0.3, -0.25) is 15.0 Å². The van der Waals surface area contributed by atoms with Crippen LogP contribution in [0.3, 0.4) is 0 Å². The van der Waals surface area contributed by atoms with E-state index in [1.54, 1.807) is 12.4 Å². The van der Waals surface area contributed by atoms with Crippen molar-refractivity contribution in [2.45, 2.75) is 19.4 Å². The van der Waals surface area contributed by atoms with Crippen molar-refractivity contribution in [2.24, 2.45) is 0 Å². The van der Waals surface area contributed by atoms with Gasteiger partial charge in [-0.05, 0) is 32.0 Å². The third-order valence-electron chi connectivity index (χ3n) is 3.79. The average molecular weight is 355 g/mol. The van der Waals surface area contributed by atoms with Gasteiger partial charge in [-0.15, -0.1) is 0 Å². The van der Waals surface area contributed by atoms with Crippen LogP contribution in [0, 0.1) is 0 Å². The quantitative estimate of drug-likeness (QED) is 0.362. The number of likely N-dealkylation sites (N-methyl/N-ethyl adjacent to an activating group) is 1. The van der Waals surface area contributed by atoms with Crippen molar-refractivity contribution >= 4 is 17.8 Å². The first-order chi connectivity index (χ1) is 12.6. The number of amides is 1. The van der Waals surface area contributed by atoms with Gasteiger partial charge in [-0.2, -0.15) is 0 Å². The molecule has 0 fully saturated rings. The normalized spacial score (nSPS) is 12.3. The lowest BCUT2D eigenvalue weighted by Crippen LogP contribution is -2.33. The monoisotopic (exact) mass is 355 g/mol. The molecule has 0 unspecified atom stereocenters. The minimum Gasteiger partial charge on any atom is -0.365 e. The van der Waals surface area contributed by atoms with Crippen LogP contribution in [-0.4, -0.2) is 52.2 Å². The van der Waals surface area contributed by atoms with Gasteiger partial charge >= 0.3 is 0 Å². The molecule has 3 N–H and O–H groups in total. The first-order valence-electron chi connectivity index (χ1n) is 8.50. The Morgan fingerprint density at radius 1 is 1.27 bits per heavy atom. The molecular weight excluding hydrogens is 330 g/mol. The topological polar surface area (TPSA) is 90.4 Å². The Kier molecular flexibility index (Phi) is 7.73. The molecule has 0 spiro atoms. The minimum absolute atomic E-state index is 0.214. The predicted octanol–water partition coefficient (Wildman–Crippen LogP) is 1.97. The van der Waals surface area contributed by atoms with Crippen LogP contribution in [0.4, 0.5) is 5.82 Å². The van der Waals surface area contributed by atoms with Crippen molar-refractivity contribution in [3.05, 3.63) is 60.1 Å². The largest absolute Gasteiger partial charge is 0.365 e. The summed E-state index contributed by atoms with van der Waals surface area (Å²) in [5.74, 6) is 0.0684. The summed E-state index contributed by atoms with van der Waals surface area (Å²) in [5, 5.41) is 11.7. The Balaban J connectivity index is 1.77. The molecule has 7 nitrogen and oxygen atoms in total. The zero-order valence-electron chi connectivity index (χ0n) is 15.1. The molecule has 1 aromatic heterocycles. The second-order valence-corrected chi connectivity index (χ2v) is 6.18. The number of hydrogen-bond donors (Lipinski definition) is 3. The van der Waals surface area contributed by atoms with Crippen molar-refractivity contribution in [2.75, 3.05) is 25.5 Å². The van der Waals surface area contributed by atoms with E-state index in [0.29, 0.717) is 11.5 Å². The zero-order chi connectivity index (χ0) is 18.8. The fraction of sp³-hybridized carbons (Fsp3) is 0.316. The molecular formula is C19H25N5O2. The standard InChI is InChI=1S/C19H25N5O2/c1-15(14-24(2)11-10-16-6-4-3-5-7-16)22-18-13-20-17(12-21-18)8-9-19(25)23-26/h3-9,12-13,15,26H,10-11,14H2,1-2H3,(H,21,22)(H,23,25)/t15-/m1/s1. The maximum atomic E-state index is 10.9. The molecule has 0 saturated carbocycles. The van der Waals surface area contributed by atoms with Gasteiger partial charge in [0, 0.05) is 25.2 Å². The Morgan fingerprint density at radius 3 is 2.69 bits per heavy atom. The summed E-state index contributed by atoms with van der Waals surface area (Å²) in [7, 11) is 2.10. The maximum absolute atomic E-state index is 10.9. The lowest BCUT2D eigenvalue weighted by Gasteiger charge is -2.22. The summed E-state index contributed by atoms with van der Waals surface area (Å²) in [5.41, 5.74) is 3.39. The molecule has 0 aliphatic heterocycles. The van der Waals surface area contributed by atoms with Crippen LogP contribution in [0.25, 0.3) is 6.08 Å². The first-order valence-corrected chi connectivity index (χ1v) is 8.50. The number of nitrogens with zero attached hydrogens (tertiary/aromatic N) is 3. The molecule has 2 aromatic rings. The number of rotatable bonds is 9. The van der Waals surface area contributed by atoms with Gasteiger partial charge in [0.1, 0.15) is 5.82 Å². The lowest BCUT2D eigenvalue weighted by molar-refractivity contribution is -0.124. The van der Waals surface area contributed by atoms with Crippen molar-refractivity contribution in [3.63, 3.8) is 0 Å². The number of aromatic nitrogens is 2. The first kappa shape index (κ1) is 19.6. The number of hydroxylamine groups is 1. The number of nitrogens with one attached hydrogen (secondary N) is 2. The Hall–Kier alpha value is -2.77. The average Bonchev–Trinajstić information content (AvgIpc) is 2.66. The van der Waals surface area contributed by atoms with E-state index in [0.717, 1.165) is 19.5 Å². The van der Waals surface area contributed by atoms with Gasteiger partial charge in [0.05, 0.1) is 18.1 Å². The van der Waals surface area contributed by atoms with Crippen molar-refractivity contribution < 1.29 is 10.0 Å². The fourth-order valence-electron chi connectivity index (χ4n) is 2.52. The van der Waals surface area contributed by atoms with E-state index in [1.165, 1.54) is 23.2 Å². The van der Waals surface area contributed by atoms with Crippen LogP contribution in [0.15, 0.2) is 48.8 Å². The molecule has 0 aliphatic rings. The van der Waals surface area contributed by atoms with E-state index in [1.807, 2.05) is 6.07 Å². The highest BCUT2D eigenvalue weighted by Crippen LogP contribution is 2.06. The Bertz CT molecular complexity index is 704. The van der Waals surface area contributed by atoms with Gasteiger partial charge in [-0.1, -0.05) is 30.3 Å². The second kappa shape index (κ2) is 10.3. The number of carbonyl (C=O) groups is 1.